The lowest BCUT2D eigenvalue weighted by Crippen LogP contribution is -2.21. The number of hydrogen-bond acceptors (Lipinski definition) is 3. The number of amides is 1. The van der Waals surface area contributed by atoms with Gasteiger partial charge in [-0.15, -0.1) is 13.2 Å². The highest BCUT2D eigenvalue weighted by Crippen LogP contribution is 2.35. The van der Waals surface area contributed by atoms with Gasteiger partial charge in [0.05, 0.1) is 23.7 Å². The van der Waals surface area contributed by atoms with E-state index in [4.69, 9.17) is 5.73 Å². The molecule has 0 saturated heterocycles. The van der Waals surface area contributed by atoms with E-state index in [0.29, 0.717) is 15.8 Å². The molecule has 5 nitrogen and oxygen atoms in total. The Morgan fingerprint density at radius 3 is 2.25 bits per heavy atom. The van der Waals surface area contributed by atoms with Crippen LogP contribution >= 0.6 is 0 Å². The highest BCUT2D eigenvalue weighted by atomic mass is 19.4. The Kier molecular flexibility index (Phi) is 7.61. The Labute approximate surface area is 138 Å². The summed E-state index contributed by atoms with van der Waals surface area (Å²) in [5, 5.41) is 3.63. The summed E-state index contributed by atoms with van der Waals surface area (Å²) in [6.07, 6.45) is -1.57. The van der Waals surface area contributed by atoms with Crippen molar-refractivity contribution in [3.63, 3.8) is 0 Å². The Hall–Kier alpha value is -2.90. The van der Waals surface area contributed by atoms with E-state index in [1.54, 1.807) is 13.8 Å². The second kappa shape index (κ2) is 8.66. The van der Waals surface area contributed by atoms with Crippen LogP contribution in [0.1, 0.15) is 29.9 Å². The number of carbonyl (C=O) groups excluding carboxylic acids is 1. The lowest BCUT2D eigenvalue weighted by molar-refractivity contribution is -0.143. The van der Waals surface area contributed by atoms with Crippen molar-refractivity contribution in [1.29, 1.82) is 0 Å². The van der Waals surface area contributed by atoms with Crippen LogP contribution in [0.2, 0.25) is 0 Å². The number of halogens is 3. The molecule has 24 heavy (non-hydrogen) atoms. The topological polar surface area (TPSA) is 73.3 Å². The predicted octanol–water partition coefficient (Wildman–Crippen LogP) is 3.82. The van der Waals surface area contributed by atoms with Crippen molar-refractivity contribution in [2.75, 3.05) is 0 Å². The number of nitrogens with two attached hydrogens (primary N) is 1. The van der Waals surface area contributed by atoms with Gasteiger partial charge in [-0.1, -0.05) is 18.2 Å². The van der Waals surface area contributed by atoms with Gasteiger partial charge in [0, 0.05) is 0 Å². The molecule has 0 aliphatic rings. The molecule has 0 radical (unpaired) electrons. The van der Waals surface area contributed by atoms with Crippen molar-refractivity contribution in [3.05, 3.63) is 60.6 Å². The van der Waals surface area contributed by atoms with Gasteiger partial charge in [-0.05, 0) is 26.1 Å². The summed E-state index contributed by atoms with van der Waals surface area (Å²) >= 11 is 0. The average molecular weight is 340 g/mol. The minimum atomic E-state index is -4.82. The van der Waals surface area contributed by atoms with Crippen LogP contribution in [0.5, 0.6) is 0 Å². The summed E-state index contributed by atoms with van der Waals surface area (Å²) < 4.78 is 40.4. The molecule has 0 aliphatic heterocycles. The van der Waals surface area contributed by atoms with E-state index in [0.717, 1.165) is 12.4 Å². The molecule has 130 valence electrons. The number of allylic oxidation sites excluding steroid dienone is 4. The SMILES string of the molecule is C=C.C=CC(=C(C)C)/C(=C\N=C)n1ncc(C(N)=O)c1C(F)(F)F. The van der Waals surface area contributed by atoms with Crippen LogP contribution in [0.3, 0.4) is 0 Å². The summed E-state index contributed by atoms with van der Waals surface area (Å²) in [7, 11) is 0. The zero-order valence-corrected chi connectivity index (χ0v) is 13.5. The van der Waals surface area contributed by atoms with E-state index in [1.165, 1.54) is 6.08 Å². The number of rotatable bonds is 5. The molecule has 1 aromatic rings. The molecule has 0 saturated carbocycles. The number of carbonyl (C=O) groups is 1. The van der Waals surface area contributed by atoms with Gasteiger partial charge >= 0.3 is 6.18 Å². The molecule has 1 aromatic heterocycles. The van der Waals surface area contributed by atoms with E-state index in [9.17, 15) is 18.0 Å². The van der Waals surface area contributed by atoms with E-state index in [1.807, 2.05) is 0 Å². The molecule has 0 atom stereocenters. The van der Waals surface area contributed by atoms with Crippen LogP contribution in [0.4, 0.5) is 13.2 Å². The largest absolute Gasteiger partial charge is 0.434 e. The second-order valence-electron chi connectivity index (χ2n) is 4.50. The minimum Gasteiger partial charge on any atom is -0.365 e. The molecule has 8 heteroatoms. The first kappa shape index (κ1) is 21.1. The number of alkyl halides is 3. The van der Waals surface area contributed by atoms with Gasteiger partial charge in [-0.2, -0.15) is 18.3 Å². The van der Waals surface area contributed by atoms with E-state index in [-0.39, 0.29) is 5.70 Å². The number of aromatic nitrogens is 2. The Balaban J connectivity index is 0.00000254. The number of primary amides is 1. The lowest BCUT2D eigenvalue weighted by Gasteiger charge is -2.16. The van der Waals surface area contributed by atoms with Crippen molar-refractivity contribution in [1.82, 2.24) is 9.78 Å². The van der Waals surface area contributed by atoms with Crippen LogP contribution in [-0.4, -0.2) is 22.4 Å². The van der Waals surface area contributed by atoms with Crippen LogP contribution in [0, 0.1) is 0 Å². The van der Waals surface area contributed by atoms with E-state index >= 15 is 0 Å². The Bertz CT molecular complexity index is 693. The van der Waals surface area contributed by atoms with Crippen LogP contribution in [0.15, 0.2) is 54.3 Å². The monoisotopic (exact) mass is 340 g/mol. The van der Waals surface area contributed by atoms with Gasteiger partial charge in [0.1, 0.15) is 0 Å². The van der Waals surface area contributed by atoms with Crippen molar-refractivity contribution in [3.8, 4) is 0 Å². The Morgan fingerprint density at radius 2 is 1.92 bits per heavy atom. The van der Waals surface area contributed by atoms with Crippen LogP contribution < -0.4 is 5.73 Å². The third-order valence-electron chi connectivity index (χ3n) is 2.76. The summed E-state index contributed by atoms with van der Waals surface area (Å²) in [4.78, 5) is 14.7. The van der Waals surface area contributed by atoms with Crippen molar-refractivity contribution < 1.29 is 18.0 Å². The molecular weight excluding hydrogens is 321 g/mol. The second-order valence-corrected chi connectivity index (χ2v) is 4.50. The maximum absolute atomic E-state index is 13.3. The zero-order chi connectivity index (χ0) is 19.1. The van der Waals surface area contributed by atoms with Crippen LogP contribution in [-0.2, 0) is 6.18 Å². The maximum Gasteiger partial charge on any atom is 0.434 e. The van der Waals surface area contributed by atoms with Crippen molar-refractivity contribution in [2.45, 2.75) is 20.0 Å². The molecule has 2 N–H and O–H groups in total. The van der Waals surface area contributed by atoms with Gasteiger partial charge in [-0.25, -0.2) is 4.68 Å². The summed E-state index contributed by atoms with van der Waals surface area (Å²) in [5.41, 5.74) is 4.06. The van der Waals surface area contributed by atoms with Gasteiger partial charge in [0.2, 0.25) is 0 Å². The molecule has 1 rings (SSSR count). The molecule has 0 bridgehead atoms. The van der Waals surface area contributed by atoms with E-state index in [2.05, 4.69) is 36.5 Å². The summed E-state index contributed by atoms with van der Waals surface area (Å²) in [6, 6.07) is 0. The summed E-state index contributed by atoms with van der Waals surface area (Å²) in [6.45, 7) is 16.2. The molecule has 0 aromatic carbocycles. The maximum atomic E-state index is 13.3. The molecule has 1 amide bonds. The predicted molar refractivity (Wildman–Crippen MR) is 89.4 cm³/mol. The number of hydrogen-bond donors (Lipinski definition) is 1. The molecule has 0 fully saturated rings. The standard InChI is InChI=1S/C14H15F3N4O.C2H4/c1-5-9(8(2)3)11(7-19-4)21-12(14(15,16)17)10(6-20-21)13(18)22;1-2/h5-7H,1,4H2,2-3H3,(H2,18,22);1-2H2/b11-7+;. The fourth-order valence-corrected chi connectivity index (χ4v) is 1.87. The summed E-state index contributed by atoms with van der Waals surface area (Å²) in [5.74, 6) is -1.22. The highest BCUT2D eigenvalue weighted by molar-refractivity contribution is 5.94. The fourth-order valence-electron chi connectivity index (χ4n) is 1.87. The zero-order valence-electron chi connectivity index (χ0n) is 13.5. The van der Waals surface area contributed by atoms with Crippen molar-refractivity contribution in [2.24, 2.45) is 10.7 Å². The Morgan fingerprint density at radius 1 is 1.38 bits per heavy atom. The third kappa shape index (κ3) is 4.55. The van der Waals surface area contributed by atoms with Crippen LogP contribution in [0.25, 0.3) is 5.70 Å². The quantitative estimate of drug-likeness (QED) is 0.503. The first-order valence-corrected chi connectivity index (χ1v) is 6.56. The highest BCUT2D eigenvalue weighted by Gasteiger charge is 2.40. The lowest BCUT2D eigenvalue weighted by atomic mass is 10.1. The average Bonchev–Trinajstić information content (AvgIpc) is 2.94. The van der Waals surface area contributed by atoms with E-state index < -0.39 is 23.3 Å². The number of aliphatic imine (C=N–C) groups is 1. The van der Waals surface area contributed by atoms with Gasteiger partial charge in [0.25, 0.3) is 5.91 Å². The molecule has 0 spiro atoms. The first-order chi connectivity index (χ1) is 11.1. The molecule has 0 unspecified atom stereocenters. The molecule has 1 heterocycles. The molecular formula is C16H19F3N4O. The first-order valence-electron chi connectivity index (χ1n) is 6.56. The molecule has 0 aliphatic carbocycles. The van der Waals surface area contributed by atoms with Gasteiger partial charge in [0.15, 0.2) is 5.69 Å². The third-order valence-corrected chi connectivity index (χ3v) is 2.76. The van der Waals surface area contributed by atoms with Gasteiger partial charge in [-0.3, -0.25) is 9.79 Å². The van der Waals surface area contributed by atoms with Crippen molar-refractivity contribution >= 4 is 18.3 Å². The smallest absolute Gasteiger partial charge is 0.365 e. The minimum absolute atomic E-state index is 0.00942. The van der Waals surface area contributed by atoms with Gasteiger partial charge < -0.3 is 5.73 Å². The normalized spacial score (nSPS) is 11.1. The fraction of sp³-hybridized carbons (Fsp3) is 0.188. The number of nitrogens with zero attached hydrogens (tertiary/aromatic N) is 3.